The van der Waals surface area contributed by atoms with Crippen molar-refractivity contribution in [3.8, 4) is 0 Å². The van der Waals surface area contributed by atoms with Gasteiger partial charge in [0, 0.05) is 5.92 Å². The fourth-order valence-electron chi connectivity index (χ4n) is 3.29. The zero-order chi connectivity index (χ0) is 17.6. The van der Waals surface area contributed by atoms with Crippen molar-refractivity contribution in [2.24, 2.45) is 5.92 Å². The first-order valence-electron chi connectivity index (χ1n) is 10.1. The van der Waals surface area contributed by atoms with Gasteiger partial charge in [0.05, 0.1) is 6.61 Å². The second-order valence-corrected chi connectivity index (χ2v) is 7.21. The Hall–Kier alpha value is -1.06. The molecule has 1 aliphatic carbocycles. The van der Waals surface area contributed by atoms with Gasteiger partial charge in [0.2, 0.25) is 5.91 Å². The molecule has 4 heteroatoms. The molecule has 0 spiro atoms. The number of ether oxygens (including phenoxy) is 1. The van der Waals surface area contributed by atoms with Gasteiger partial charge in [-0.1, -0.05) is 71.1 Å². The quantitative estimate of drug-likeness (QED) is 0.412. The summed E-state index contributed by atoms with van der Waals surface area (Å²) in [6, 6.07) is -0.534. The molecule has 1 aliphatic rings. The molecule has 1 rings (SSSR count). The maximum absolute atomic E-state index is 12.1. The third-order valence-corrected chi connectivity index (χ3v) is 4.93. The summed E-state index contributed by atoms with van der Waals surface area (Å²) in [5.41, 5.74) is 0. The summed E-state index contributed by atoms with van der Waals surface area (Å²) in [4.78, 5) is 24.0. The third-order valence-electron chi connectivity index (χ3n) is 4.93. The van der Waals surface area contributed by atoms with E-state index in [4.69, 9.17) is 4.74 Å². The van der Waals surface area contributed by atoms with Gasteiger partial charge < -0.3 is 10.1 Å². The predicted molar refractivity (Wildman–Crippen MR) is 97.7 cm³/mol. The van der Waals surface area contributed by atoms with E-state index >= 15 is 0 Å². The van der Waals surface area contributed by atoms with Crippen LogP contribution in [-0.2, 0) is 14.3 Å². The van der Waals surface area contributed by atoms with Crippen LogP contribution in [0.4, 0.5) is 0 Å². The van der Waals surface area contributed by atoms with Crippen molar-refractivity contribution in [2.45, 2.75) is 103 Å². The highest BCUT2D eigenvalue weighted by atomic mass is 16.5. The maximum atomic E-state index is 12.1. The summed E-state index contributed by atoms with van der Waals surface area (Å²) in [6.45, 7) is 4.42. The fourth-order valence-corrected chi connectivity index (χ4v) is 3.29. The van der Waals surface area contributed by atoms with Crippen molar-refractivity contribution in [3.05, 3.63) is 0 Å². The van der Waals surface area contributed by atoms with Gasteiger partial charge in [0.25, 0.3) is 0 Å². The Balaban J connectivity index is 2.02. The topological polar surface area (TPSA) is 55.4 Å². The number of carbonyl (C=O) groups excluding carboxylic acids is 2. The molecule has 4 nitrogen and oxygen atoms in total. The van der Waals surface area contributed by atoms with Crippen LogP contribution in [0.1, 0.15) is 97.3 Å². The van der Waals surface area contributed by atoms with Gasteiger partial charge >= 0.3 is 5.97 Å². The second-order valence-electron chi connectivity index (χ2n) is 7.21. The molecule has 0 aliphatic heterocycles. The van der Waals surface area contributed by atoms with Gasteiger partial charge in [-0.15, -0.1) is 0 Å². The SMILES string of the molecule is CCCCCCCCCCOC(=O)C(C)NC(=O)C1CCCCC1. The first kappa shape index (κ1) is 21.0. The number of unbranched alkanes of at least 4 members (excludes halogenated alkanes) is 7. The molecule has 1 fully saturated rings. The Morgan fingerprint density at radius 3 is 2.17 bits per heavy atom. The Kier molecular flexibility index (Phi) is 11.6. The lowest BCUT2D eigenvalue weighted by Gasteiger charge is -2.22. The Labute approximate surface area is 148 Å². The van der Waals surface area contributed by atoms with Crippen LogP contribution in [0.5, 0.6) is 0 Å². The summed E-state index contributed by atoms with van der Waals surface area (Å²) in [5.74, 6) is -0.199. The second kappa shape index (κ2) is 13.3. The average Bonchev–Trinajstić information content (AvgIpc) is 2.60. The lowest BCUT2D eigenvalue weighted by atomic mass is 9.88. The molecule has 0 aromatic heterocycles. The molecule has 1 amide bonds. The van der Waals surface area contributed by atoms with E-state index in [0.717, 1.165) is 38.5 Å². The summed E-state index contributed by atoms with van der Waals surface area (Å²) in [5, 5.41) is 2.82. The van der Waals surface area contributed by atoms with E-state index in [1.165, 1.54) is 44.9 Å². The zero-order valence-electron chi connectivity index (χ0n) is 15.8. The summed E-state index contributed by atoms with van der Waals surface area (Å²) in [7, 11) is 0. The van der Waals surface area contributed by atoms with Crippen LogP contribution in [-0.4, -0.2) is 24.5 Å². The highest BCUT2D eigenvalue weighted by Gasteiger charge is 2.24. The van der Waals surface area contributed by atoms with E-state index < -0.39 is 6.04 Å². The largest absolute Gasteiger partial charge is 0.464 e. The van der Waals surface area contributed by atoms with Crippen molar-refractivity contribution < 1.29 is 14.3 Å². The third kappa shape index (κ3) is 9.29. The highest BCUT2D eigenvalue weighted by Crippen LogP contribution is 2.23. The molecular formula is C20H37NO3. The van der Waals surface area contributed by atoms with E-state index in [9.17, 15) is 9.59 Å². The molecule has 24 heavy (non-hydrogen) atoms. The molecule has 0 aromatic carbocycles. The van der Waals surface area contributed by atoms with Gasteiger partial charge in [0.1, 0.15) is 6.04 Å². The molecule has 0 saturated heterocycles. The minimum absolute atomic E-state index is 0.0197. The predicted octanol–water partition coefficient (Wildman–Crippen LogP) is 4.76. The minimum Gasteiger partial charge on any atom is -0.464 e. The molecule has 140 valence electrons. The Bertz CT molecular complexity index is 351. The van der Waals surface area contributed by atoms with E-state index in [1.807, 2.05) is 0 Å². The lowest BCUT2D eigenvalue weighted by molar-refractivity contribution is -0.148. The number of carbonyl (C=O) groups is 2. The smallest absolute Gasteiger partial charge is 0.328 e. The van der Waals surface area contributed by atoms with Gasteiger partial charge in [-0.25, -0.2) is 4.79 Å². The summed E-state index contributed by atoms with van der Waals surface area (Å²) in [6.07, 6.45) is 15.2. The van der Waals surface area contributed by atoms with E-state index in [0.29, 0.717) is 6.61 Å². The van der Waals surface area contributed by atoms with Gasteiger partial charge in [-0.3, -0.25) is 4.79 Å². The Morgan fingerprint density at radius 1 is 0.958 bits per heavy atom. The number of amides is 1. The normalized spacial score (nSPS) is 16.6. The molecule has 0 radical (unpaired) electrons. The molecule has 0 aromatic rings. The number of hydrogen-bond donors (Lipinski definition) is 1. The van der Waals surface area contributed by atoms with Crippen LogP contribution < -0.4 is 5.32 Å². The molecule has 1 atom stereocenters. The minimum atomic E-state index is -0.534. The van der Waals surface area contributed by atoms with Crippen LogP contribution in [0.25, 0.3) is 0 Å². The summed E-state index contributed by atoms with van der Waals surface area (Å²) < 4.78 is 5.28. The van der Waals surface area contributed by atoms with Crippen molar-refractivity contribution >= 4 is 11.9 Å². The van der Waals surface area contributed by atoms with Crippen LogP contribution >= 0.6 is 0 Å². The van der Waals surface area contributed by atoms with Crippen molar-refractivity contribution in [3.63, 3.8) is 0 Å². The van der Waals surface area contributed by atoms with Crippen LogP contribution in [0, 0.1) is 5.92 Å². The molecule has 1 N–H and O–H groups in total. The van der Waals surface area contributed by atoms with Gasteiger partial charge in [0.15, 0.2) is 0 Å². The van der Waals surface area contributed by atoms with Crippen LogP contribution in [0.2, 0.25) is 0 Å². The standard InChI is InChI=1S/C20H37NO3/c1-3-4-5-6-7-8-9-13-16-24-20(23)17(2)21-19(22)18-14-11-10-12-15-18/h17-18H,3-16H2,1-2H3,(H,21,22). The van der Waals surface area contributed by atoms with Crippen LogP contribution in [0.3, 0.4) is 0 Å². The number of hydrogen-bond acceptors (Lipinski definition) is 3. The molecule has 1 unspecified atom stereocenters. The highest BCUT2D eigenvalue weighted by molar-refractivity contribution is 5.85. The van der Waals surface area contributed by atoms with Gasteiger partial charge in [-0.05, 0) is 26.2 Å². The van der Waals surface area contributed by atoms with E-state index in [-0.39, 0.29) is 17.8 Å². The monoisotopic (exact) mass is 339 g/mol. The lowest BCUT2D eigenvalue weighted by Crippen LogP contribution is -2.43. The fraction of sp³-hybridized carbons (Fsp3) is 0.900. The van der Waals surface area contributed by atoms with Crippen molar-refractivity contribution in [2.75, 3.05) is 6.61 Å². The van der Waals surface area contributed by atoms with Crippen molar-refractivity contribution in [1.82, 2.24) is 5.32 Å². The zero-order valence-corrected chi connectivity index (χ0v) is 15.8. The van der Waals surface area contributed by atoms with E-state index in [1.54, 1.807) is 6.92 Å². The number of esters is 1. The first-order valence-corrected chi connectivity index (χ1v) is 10.1. The summed E-state index contributed by atoms with van der Waals surface area (Å²) >= 11 is 0. The Morgan fingerprint density at radius 2 is 1.54 bits per heavy atom. The number of rotatable bonds is 12. The van der Waals surface area contributed by atoms with Gasteiger partial charge in [-0.2, -0.15) is 0 Å². The molecule has 0 bridgehead atoms. The maximum Gasteiger partial charge on any atom is 0.328 e. The average molecular weight is 340 g/mol. The van der Waals surface area contributed by atoms with Crippen LogP contribution in [0.15, 0.2) is 0 Å². The van der Waals surface area contributed by atoms with Crippen molar-refractivity contribution in [1.29, 1.82) is 0 Å². The van der Waals surface area contributed by atoms with E-state index in [2.05, 4.69) is 12.2 Å². The molecule has 0 heterocycles. The number of nitrogens with one attached hydrogen (secondary N) is 1. The molecular weight excluding hydrogens is 302 g/mol. The molecule has 1 saturated carbocycles. The first-order chi connectivity index (χ1) is 11.6.